The molecule has 0 saturated heterocycles. The highest BCUT2D eigenvalue weighted by atomic mass is 16.6. The van der Waals surface area contributed by atoms with Crippen molar-refractivity contribution in [3.8, 4) is 0 Å². The van der Waals surface area contributed by atoms with Crippen LogP contribution in [0.2, 0.25) is 0 Å². The fourth-order valence-electron chi connectivity index (χ4n) is 1.41. The lowest BCUT2D eigenvalue weighted by atomic mass is 10.1. The highest BCUT2D eigenvalue weighted by molar-refractivity contribution is 5.87. The maximum absolute atomic E-state index is 11.5. The number of rotatable bonds is 6. The second-order valence-corrected chi connectivity index (χ2v) is 3.92. The summed E-state index contributed by atoms with van der Waals surface area (Å²) in [6, 6.07) is 4.83. The van der Waals surface area contributed by atoms with Gasteiger partial charge in [0.05, 0.1) is 17.4 Å². The third-order valence-electron chi connectivity index (χ3n) is 2.35. The molecule has 5 N–H and O–H groups in total. The molecule has 1 aromatic carbocycles. The number of nitrogens with zero attached hydrogens (tertiary/aromatic N) is 1. The van der Waals surface area contributed by atoms with Gasteiger partial charge in [0.1, 0.15) is 0 Å². The van der Waals surface area contributed by atoms with Gasteiger partial charge in [0, 0.05) is 18.7 Å². The fourth-order valence-corrected chi connectivity index (χ4v) is 1.41. The van der Waals surface area contributed by atoms with Gasteiger partial charge in [-0.05, 0) is 5.56 Å². The topological polar surface area (TPSA) is 141 Å². The number of amides is 2. The number of hydrogen-bond acceptors (Lipinski definition) is 5. The molecule has 102 valence electrons. The van der Waals surface area contributed by atoms with Gasteiger partial charge in [-0.15, -0.1) is 0 Å². The molecule has 2 amide bonds. The number of nitrogens with one attached hydrogen (secondary N) is 1. The number of hydrogen-bond donors (Lipinski definition) is 3. The maximum Gasteiger partial charge on any atom is 0.269 e. The number of primary amides is 1. The lowest BCUT2D eigenvalue weighted by Crippen LogP contribution is -2.42. The predicted octanol–water partition coefficient (Wildman–Crippen LogP) is -0.586. The van der Waals surface area contributed by atoms with E-state index in [0.717, 1.165) is 0 Å². The van der Waals surface area contributed by atoms with E-state index in [4.69, 9.17) is 11.5 Å². The number of carbonyl (C=O) groups is 2. The first kappa shape index (κ1) is 14.6. The highest BCUT2D eigenvalue weighted by Crippen LogP contribution is 2.12. The predicted molar refractivity (Wildman–Crippen MR) is 66.7 cm³/mol. The smallest absolute Gasteiger partial charge is 0.269 e. The Morgan fingerprint density at radius 1 is 1.42 bits per heavy atom. The van der Waals surface area contributed by atoms with Gasteiger partial charge < -0.3 is 16.8 Å². The van der Waals surface area contributed by atoms with Crippen LogP contribution in [0.3, 0.4) is 0 Å². The summed E-state index contributed by atoms with van der Waals surface area (Å²) in [5, 5.41) is 13.0. The van der Waals surface area contributed by atoms with Crippen molar-refractivity contribution in [3.05, 3.63) is 39.9 Å². The average molecular weight is 266 g/mol. The first-order chi connectivity index (χ1) is 8.90. The number of benzene rings is 1. The number of non-ortho nitro benzene ring substituents is 1. The van der Waals surface area contributed by atoms with Crippen molar-refractivity contribution in [2.24, 2.45) is 11.5 Å². The summed E-state index contributed by atoms with van der Waals surface area (Å²) in [7, 11) is 0. The third-order valence-corrected chi connectivity index (χ3v) is 2.35. The van der Waals surface area contributed by atoms with Crippen molar-refractivity contribution in [2.75, 3.05) is 0 Å². The van der Waals surface area contributed by atoms with Crippen LogP contribution in [0.1, 0.15) is 12.0 Å². The molecule has 0 saturated carbocycles. The Hall–Kier alpha value is -2.48. The van der Waals surface area contributed by atoms with Gasteiger partial charge in [0.25, 0.3) is 5.69 Å². The van der Waals surface area contributed by atoms with E-state index in [1.807, 2.05) is 0 Å². The molecule has 1 unspecified atom stereocenters. The third kappa shape index (κ3) is 4.72. The van der Waals surface area contributed by atoms with Crippen LogP contribution in [0.25, 0.3) is 0 Å². The molecule has 1 atom stereocenters. The van der Waals surface area contributed by atoms with E-state index in [1.54, 1.807) is 6.07 Å². The lowest BCUT2D eigenvalue weighted by molar-refractivity contribution is -0.384. The molecule has 0 fully saturated rings. The number of nitro groups is 1. The summed E-state index contributed by atoms with van der Waals surface area (Å²) in [5.41, 5.74) is 10.9. The van der Waals surface area contributed by atoms with E-state index in [1.165, 1.54) is 18.2 Å². The van der Waals surface area contributed by atoms with Crippen molar-refractivity contribution in [2.45, 2.75) is 19.0 Å². The summed E-state index contributed by atoms with van der Waals surface area (Å²) in [6.45, 7) is 0.0903. The molecule has 19 heavy (non-hydrogen) atoms. The molecule has 0 aliphatic carbocycles. The van der Waals surface area contributed by atoms with Gasteiger partial charge in [-0.2, -0.15) is 0 Å². The Bertz CT molecular complexity index is 503. The van der Waals surface area contributed by atoms with Crippen molar-refractivity contribution in [1.82, 2.24) is 5.32 Å². The van der Waals surface area contributed by atoms with E-state index in [9.17, 15) is 19.7 Å². The zero-order valence-corrected chi connectivity index (χ0v) is 10.0. The second kappa shape index (κ2) is 6.45. The molecule has 8 nitrogen and oxygen atoms in total. The van der Waals surface area contributed by atoms with Crippen molar-refractivity contribution in [3.63, 3.8) is 0 Å². The molecule has 0 aliphatic rings. The Kier molecular flexibility index (Phi) is 4.95. The normalized spacial score (nSPS) is 11.6. The molecule has 0 spiro atoms. The van der Waals surface area contributed by atoms with Gasteiger partial charge in [0.15, 0.2) is 0 Å². The molecular formula is C11H14N4O4. The van der Waals surface area contributed by atoms with Gasteiger partial charge in [-0.3, -0.25) is 19.7 Å². The van der Waals surface area contributed by atoms with E-state index in [-0.39, 0.29) is 18.7 Å². The summed E-state index contributed by atoms with van der Waals surface area (Å²) in [4.78, 5) is 32.1. The molecule has 0 bridgehead atoms. The minimum absolute atomic E-state index is 0.0619. The van der Waals surface area contributed by atoms with Gasteiger partial charge in [-0.25, -0.2) is 0 Å². The largest absolute Gasteiger partial charge is 0.370 e. The van der Waals surface area contributed by atoms with E-state index >= 15 is 0 Å². The second-order valence-electron chi connectivity index (χ2n) is 3.92. The Morgan fingerprint density at radius 3 is 2.68 bits per heavy atom. The van der Waals surface area contributed by atoms with Crippen molar-refractivity contribution < 1.29 is 14.5 Å². The number of nitrogens with two attached hydrogens (primary N) is 2. The molecule has 8 heteroatoms. The minimum atomic E-state index is -1.02. The van der Waals surface area contributed by atoms with Crippen LogP contribution in [0.15, 0.2) is 24.3 Å². The summed E-state index contributed by atoms with van der Waals surface area (Å²) in [6.07, 6.45) is -0.249. The Morgan fingerprint density at radius 2 is 2.11 bits per heavy atom. The molecule has 0 radical (unpaired) electrons. The summed E-state index contributed by atoms with van der Waals surface area (Å²) in [5.74, 6) is -1.21. The highest BCUT2D eigenvalue weighted by Gasteiger charge is 2.15. The minimum Gasteiger partial charge on any atom is -0.370 e. The van der Waals surface area contributed by atoms with Crippen LogP contribution >= 0.6 is 0 Å². The first-order valence-electron chi connectivity index (χ1n) is 5.45. The van der Waals surface area contributed by atoms with Gasteiger partial charge >= 0.3 is 0 Å². The fraction of sp³-hybridized carbons (Fsp3) is 0.273. The van der Waals surface area contributed by atoms with Gasteiger partial charge in [0.2, 0.25) is 11.8 Å². The Labute approximate surface area is 108 Å². The molecule has 0 heterocycles. The lowest BCUT2D eigenvalue weighted by Gasteiger charge is -2.10. The molecule has 0 aromatic heterocycles. The van der Waals surface area contributed by atoms with Gasteiger partial charge in [-0.1, -0.05) is 12.1 Å². The zero-order valence-electron chi connectivity index (χ0n) is 10.0. The zero-order chi connectivity index (χ0) is 14.4. The van der Waals surface area contributed by atoms with E-state index in [0.29, 0.717) is 5.56 Å². The molecule has 1 rings (SSSR count). The van der Waals surface area contributed by atoms with E-state index < -0.39 is 22.8 Å². The SMILES string of the molecule is NC(=O)CC(N)C(=O)NCc1cccc([N+](=O)[O-])c1. The monoisotopic (exact) mass is 266 g/mol. The summed E-state index contributed by atoms with van der Waals surface area (Å²) < 4.78 is 0. The maximum atomic E-state index is 11.5. The van der Waals surface area contributed by atoms with Crippen LogP contribution in [0, 0.1) is 10.1 Å². The van der Waals surface area contributed by atoms with Crippen LogP contribution in [-0.4, -0.2) is 22.8 Å². The van der Waals surface area contributed by atoms with Crippen LogP contribution < -0.4 is 16.8 Å². The molecular weight excluding hydrogens is 252 g/mol. The first-order valence-corrected chi connectivity index (χ1v) is 5.45. The standard InChI is InChI=1S/C11H14N4O4/c12-9(5-10(13)16)11(17)14-6-7-2-1-3-8(4-7)15(18)19/h1-4,9H,5-6,12H2,(H2,13,16)(H,14,17). The van der Waals surface area contributed by atoms with E-state index in [2.05, 4.69) is 5.32 Å². The number of carbonyl (C=O) groups excluding carboxylic acids is 2. The van der Waals surface area contributed by atoms with Crippen molar-refractivity contribution in [1.29, 1.82) is 0 Å². The van der Waals surface area contributed by atoms with Crippen LogP contribution in [0.4, 0.5) is 5.69 Å². The average Bonchev–Trinajstić information content (AvgIpc) is 2.35. The quantitative estimate of drug-likeness (QED) is 0.466. The van der Waals surface area contributed by atoms with Crippen LogP contribution in [0.5, 0.6) is 0 Å². The molecule has 0 aliphatic heterocycles. The Balaban J connectivity index is 2.57. The summed E-state index contributed by atoms with van der Waals surface area (Å²) >= 11 is 0. The number of nitro benzene ring substituents is 1. The van der Waals surface area contributed by atoms with Crippen molar-refractivity contribution >= 4 is 17.5 Å². The van der Waals surface area contributed by atoms with Crippen LogP contribution in [-0.2, 0) is 16.1 Å². The molecule has 1 aromatic rings.